The topological polar surface area (TPSA) is 67.0 Å². The fraction of sp³-hybridized carbons (Fsp3) is 0.333. The number of rotatable bonds is 5. The van der Waals surface area contributed by atoms with Crippen LogP contribution >= 0.6 is 0 Å². The van der Waals surface area contributed by atoms with Crippen LogP contribution in [0.3, 0.4) is 0 Å². The second-order valence-corrected chi connectivity index (χ2v) is 9.62. The molecule has 200 valence electrons. The Labute approximate surface area is 213 Å². The predicted molar refractivity (Wildman–Crippen MR) is 126 cm³/mol. The van der Waals surface area contributed by atoms with Crippen molar-refractivity contribution in [3.63, 3.8) is 0 Å². The van der Waals surface area contributed by atoms with Crippen LogP contribution in [0.1, 0.15) is 52.9 Å². The van der Waals surface area contributed by atoms with Crippen LogP contribution in [0.5, 0.6) is 11.5 Å². The molecule has 3 unspecified atom stereocenters. The van der Waals surface area contributed by atoms with E-state index in [1.54, 1.807) is 18.2 Å². The van der Waals surface area contributed by atoms with Gasteiger partial charge >= 0.3 is 12.4 Å². The van der Waals surface area contributed by atoms with E-state index in [1.165, 1.54) is 17.7 Å². The molecule has 1 aromatic heterocycles. The van der Waals surface area contributed by atoms with Gasteiger partial charge in [0, 0.05) is 12.2 Å². The largest absolute Gasteiger partial charge is 0.457 e. The van der Waals surface area contributed by atoms with Gasteiger partial charge in [-0.1, -0.05) is 23.8 Å². The molecule has 3 fully saturated rings. The number of benzene rings is 2. The van der Waals surface area contributed by atoms with Gasteiger partial charge < -0.3 is 10.1 Å². The monoisotopic (exact) mass is 535 g/mol. The molecule has 0 aliphatic heterocycles. The molecule has 3 aliphatic rings. The smallest absolute Gasteiger partial charge is 0.435 e. The van der Waals surface area contributed by atoms with Gasteiger partial charge in [0.25, 0.3) is 5.91 Å². The highest BCUT2D eigenvalue weighted by atomic mass is 19.4. The number of nitrogens with zero attached hydrogens (tertiary/aromatic N) is 1. The van der Waals surface area contributed by atoms with Crippen LogP contribution in [0.25, 0.3) is 6.08 Å². The Kier molecular flexibility index (Phi) is 6.70. The highest BCUT2D eigenvalue weighted by Crippen LogP contribution is 2.46. The molecule has 3 saturated carbocycles. The standard InChI is InChI=1S/C27H23F6N3O2/c28-26(29,30)19-6-8-20(9-7-19)38-21-3-1-2-15(11-21)10-18-12-17-5-4-16(18)13-23(17)35-25(37)22-14-34-36-24(22)27(31,32)33/h1-3,6-11,14,16-17,23H,4-5,12-13H2,(H,34,36)(H,35,37). The average molecular weight is 535 g/mol. The van der Waals surface area contributed by atoms with E-state index in [0.717, 1.165) is 36.7 Å². The first-order chi connectivity index (χ1) is 18.0. The number of ether oxygens (including phenoxy) is 1. The Balaban J connectivity index is 1.25. The SMILES string of the molecule is O=C(NC1CC2CCC1CC2=Cc1cccc(Oc2ccc(C(F)(F)F)cc2)c1)c1c[nH]nc1C(F)(F)F. The molecule has 0 spiro atoms. The maximum atomic E-state index is 13.1. The number of amides is 1. The number of aromatic nitrogens is 2. The third-order valence-electron chi connectivity index (χ3n) is 7.11. The lowest BCUT2D eigenvalue weighted by atomic mass is 9.65. The van der Waals surface area contributed by atoms with E-state index in [-0.39, 0.29) is 23.6 Å². The van der Waals surface area contributed by atoms with Crippen molar-refractivity contribution in [1.82, 2.24) is 15.5 Å². The molecule has 1 amide bonds. The number of hydrogen-bond acceptors (Lipinski definition) is 3. The molecular weight excluding hydrogens is 512 g/mol. The summed E-state index contributed by atoms with van der Waals surface area (Å²) in [6, 6.07) is 11.4. The molecule has 5 nitrogen and oxygen atoms in total. The molecule has 6 rings (SSSR count). The third-order valence-corrected chi connectivity index (χ3v) is 7.11. The van der Waals surface area contributed by atoms with E-state index in [9.17, 15) is 31.1 Å². The summed E-state index contributed by atoms with van der Waals surface area (Å²) in [5, 5.41) is 8.09. The minimum Gasteiger partial charge on any atom is -0.457 e. The fourth-order valence-corrected chi connectivity index (χ4v) is 5.29. The van der Waals surface area contributed by atoms with Gasteiger partial charge in [0.05, 0.1) is 11.1 Å². The van der Waals surface area contributed by atoms with Crippen molar-refractivity contribution in [2.75, 3.05) is 0 Å². The van der Waals surface area contributed by atoms with Crippen LogP contribution in [0, 0.1) is 11.8 Å². The van der Waals surface area contributed by atoms with E-state index >= 15 is 0 Å². The first-order valence-corrected chi connectivity index (χ1v) is 12.0. The summed E-state index contributed by atoms with van der Waals surface area (Å²) in [5.41, 5.74) is -0.436. The Bertz CT molecular complexity index is 1340. The number of alkyl halides is 6. The number of fused-ring (bicyclic) bond motifs is 3. The van der Waals surface area contributed by atoms with Crippen LogP contribution in [-0.4, -0.2) is 22.1 Å². The summed E-state index contributed by atoms with van der Waals surface area (Å²) in [7, 11) is 0. The maximum Gasteiger partial charge on any atom is 0.435 e. The van der Waals surface area contributed by atoms with Crippen molar-refractivity contribution in [2.24, 2.45) is 11.8 Å². The van der Waals surface area contributed by atoms with E-state index < -0.39 is 35.1 Å². The van der Waals surface area contributed by atoms with Gasteiger partial charge in [-0.2, -0.15) is 31.4 Å². The number of hydrogen-bond donors (Lipinski definition) is 2. The lowest BCUT2D eigenvalue weighted by Gasteiger charge is -2.44. The number of allylic oxidation sites excluding steroid dienone is 1. The first-order valence-electron chi connectivity index (χ1n) is 12.0. The Hall–Kier alpha value is -3.76. The molecule has 11 heteroatoms. The number of H-pyrrole nitrogens is 1. The van der Waals surface area contributed by atoms with Crippen LogP contribution in [-0.2, 0) is 12.4 Å². The van der Waals surface area contributed by atoms with Gasteiger partial charge in [-0.15, -0.1) is 0 Å². The summed E-state index contributed by atoms with van der Waals surface area (Å²) < 4.78 is 83.4. The third kappa shape index (κ3) is 5.56. The molecule has 3 aliphatic carbocycles. The van der Waals surface area contributed by atoms with Crippen molar-refractivity contribution in [1.29, 1.82) is 0 Å². The van der Waals surface area contributed by atoms with Crippen molar-refractivity contribution >= 4 is 12.0 Å². The zero-order valence-corrected chi connectivity index (χ0v) is 19.9. The Morgan fingerprint density at radius 1 is 1.00 bits per heavy atom. The normalized spacial score (nSPS) is 22.5. The van der Waals surface area contributed by atoms with Gasteiger partial charge in [0.1, 0.15) is 11.5 Å². The van der Waals surface area contributed by atoms with E-state index in [2.05, 4.69) is 15.5 Å². The molecule has 0 saturated heterocycles. The van der Waals surface area contributed by atoms with E-state index in [0.29, 0.717) is 18.6 Å². The molecule has 2 N–H and O–H groups in total. The number of carbonyl (C=O) groups excluding carboxylic acids is 1. The van der Waals surface area contributed by atoms with Gasteiger partial charge in [-0.3, -0.25) is 9.89 Å². The van der Waals surface area contributed by atoms with Gasteiger partial charge in [-0.05, 0) is 79.5 Å². The highest BCUT2D eigenvalue weighted by molar-refractivity contribution is 5.95. The van der Waals surface area contributed by atoms with E-state index in [4.69, 9.17) is 4.74 Å². The van der Waals surface area contributed by atoms with Gasteiger partial charge in [0.15, 0.2) is 5.69 Å². The summed E-state index contributed by atoms with van der Waals surface area (Å²) in [6.07, 6.45) is -3.02. The molecular formula is C27H23F6N3O2. The summed E-state index contributed by atoms with van der Waals surface area (Å²) in [5.74, 6) is 0.247. The molecule has 2 bridgehead atoms. The van der Waals surface area contributed by atoms with E-state index in [1.807, 2.05) is 12.1 Å². The fourth-order valence-electron chi connectivity index (χ4n) is 5.29. The summed E-state index contributed by atoms with van der Waals surface area (Å²) in [6.45, 7) is 0. The molecule has 3 aromatic rings. The second kappa shape index (κ2) is 9.85. The zero-order chi connectivity index (χ0) is 27.1. The van der Waals surface area contributed by atoms with Crippen molar-refractivity contribution < 1.29 is 35.9 Å². The zero-order valence-electron chi connectivity index (χ0n) is 19.9. The quantitative estimate of drug-likeness (QED) is 0.339. The predicted octanol–water partition coefficient (Wildman–Crippen LogP) is 7.24. The Morgan fingerprint density at radius 3 is 2.42 bits per heavy atom. The number of nitrogens with one attached hydrogen (secondary N) is 2. The van der Waals surface area contributed by atoms with Crippen LogP contribution < -0.4 is 10.1 Å². The lowest BCUT2D eigenvalue weighted by Crippen LogP contribution is -2.48. The molecule has 38 heavy (non-hydrogen) atoms. The number of aromatic amines is 1. The van der Waals surface area contributed by atoms with Gasteiger partial charge in [0.2, 0.25) is 0 Å². The minimum absolute atomic E-state index is 0.100. The summed E-state index contributed by atoms with van der Waals surface area (Å²) in [4.78, 5) is 12.6. The number of carbonyl (C=O) groups is 1. The second-order valence-electron chi connectivity index (χ2n) is 9.62. The molecule has 1 heterocycles. The van der Waals surface area contributed by atoms with Crippen LogP contribution in [0.4, 0.5) is 26.3 Å². The van der Waals surface area contributed by atoms with Gasteiger partial charge in [-0.25, -0.2) is 0 Å². The molecule has 0 radical (unpaired) electrons. The molecule has 2 aromatic carbocycles. The Morgan fingerprint density at radius 2 is 1.76 bits per heavy atom. The van der Waals surface area contributed by atoms with Crippen LogP contribution in [0.15, 0.2) is 60.3 Å². The van der Waals surface area contributed by atoms with Crippen LogP contribution in [0.2, 0.25) is 0 Å². The average Bonchev–Trinajstić information content (AvgIpc) is 3.36. The van der Waals surface area contributed by atoms with Crippen molar-refractivity contribution in [3.05, 3.63) is 82.7 Å². The lowest BCUT2D eigenvalue weighted by molar-refractivity contribution is -0.141. The first kappa shape index (κ1) is 25.9. The maximum absolute atomic E-state index is 13.1. The summed E-state index contributed by atoms with van der Waals surface area (Å²) >= 11 is 0. The number of halogens is 6. The minimum atomic E-state index is -4.72. The highest BCUT2D eigenvalue weighted by Gasteiger charge is 2.42. The van der Waals surface area contributed by atoms with Crippen molar-refractivity contribution in [2.45, 2.75) is 44.1 Å². The van der Waals surface area contributed by atoms with Crippen molar-refractivity contribution in [3.8, 4) is 11.5 Å². The molecule has 3 atom stereocenters.